The summed E-state index contributed by atoms with van der Waals surface area (Å²) in [4.78, 5) is 42.8. The smallest absolute Gasteiger partial charge is 0.334 e. The second kappa shape index (κ2) is 12.7. The molecular weight excluding hydrogens is 448 g/mol. The highest BCUT2D eigenvalue weighted by molar-refractivity contribution is 6.07. The van der Waals surface area contributed by atoms with Crippen LogP contribution in [0, 0.1) is 27.4 Å². The second-order valence-electron chi connectivity index (χ2n) is 7.01. The van der Waals surface area contributed by atoms with Crippen molar-refractivity contribution in [1.82, 2.24) is 0 Å². The van der Waals surface area contributed by atoms with Crippen molar-refractivity contribution in [1.29, 1.82) is 5.26 Å². The number of benzene rings is 1. The first-order chi connectivity index (χ1) is 16.3. The van der Waals surface area contributed by atoms with Crippen LogP contribution in [0.4, 0.5) is 5.69 Å². The highest BCUT2D eigenvalue weighted by Crippen LogP contribution is 2.41. The van der Waals surface area contributed by atoms with Gasteiger partial charge < -0.3 is 14.6 Å². The van der Waals surface area contributed by atoms with Gasteiger partial charge in [-0.25, -0.2) is 4.79 Å². The molecule has 0 saturated heterocycles. The zero-order chi connectivity index (χ0) is 25.1. The van der Waals surface area contributed by atoms with Gasteiger partial charge in [0.2, 0.25) is 0 Å². The Morgan fingerprint density at radius 1 is 1.35 bits per heavy atom. The van der Waals surface area contributed by atoms with Gasteiger partial charge in [-0.15, -0.1) is 0 Å². The maximum Gasteiger partial charge on any atom is 0.334 e. The highest BCUT2D eigenvalue weighted by atomic mass is 16.6. The molecule has 13 nitrogen and oxygen atoms in total. The molecule has 1 N–H and O–H groups in total. The normalized spacial score (nSPS) is 17.2. The number of aliphatic imine (C=N–C) groups is 1. The summed E-state index contributed by atoms with van der Waals surface area (Å²) >= 11 is 0. The van der Waals surface area contributed by atoms with E-state index in [0.717, 1.165) is 0 Å². The van der Waals surface area contributed by atoms with E-state index in [1.165, 1.54) is 24.3 Å². The van der Waals surface area contributed by atoms with Gasteiger partial charge in [0.25, 0.3) is 5.69 Å². The SMILES string of the molecule is CCC1=NC(COCCN=[N+]=[N-])=C(C(=O)O)C(c2ccc([N+](=O)[O-])cc2)C1C(=O)OCCC#N. The molecule has 2 unspecified atom stereocenters. The van der Waals surface area contributed by atoms with E-state index in [0.29, 0.717) is 11.3 Å². The summed E-state index contributed by atoms with van der Waals surface area (Å²) in [5.41, 5.74) is 8.73. The molecule has 2 atom stereocenters. The van der Waals surface area contributed by atoms with Crippen LogP contribution in [-0.4, -0.2) is 54.0 Å². The number of azide groups is 1. The number of esters is 1. The maximum absolute atomic E-state index is 13.0. The predicted molar refractivity (Wildman–Crippen MR) is 118 cm³/mol. The number of aliphatic carboxylic acids is 1. The molecule has 0 aliphatic carbocycles. The van der Waals surface area contributed by atoms with E-state index in [2.05, 4.69) is 15.0 Å². The van der Waals surface area contributed by atoms with Gasteiger partial charge in [0.15, 0.2) is 0 Å². The molecule has 0 bridgehead atoms. The van der Waals surface area contributed by atoms with Crippen molar-refractivity contribution in [2.45, 2.75) is 25.7 Å². The molecule has 1 aromatic rings. The van der Waals surface area contributed by atoms with E-state index in [1.807, 2.05) is 6.07 Å². The number of nitro benzene ring substituents is 1. The first kappa shape index (κ1) is 26.0. The minimum absolute atomic E-state index is 0.0270. The fourth-order valence-electron chi connectivity index (χ4n) is 3.55. The molecule has 0 aromatic heterocycles. The number of non-ortho nitro benzene ring substituents is 1. The lowest BCUT2D eigenvalue weighted by molar-refractivity contribution is -0.384. The molecule has 34 heavy (non-hydrogen) atoms. The lowest BCUT2D eigenvalue weighted by atomic mass is 9.74. The first-order valence-electron chi connectivity index (χ1n) is 10.3. The summed E-state index contributed by atoms with van der Waals surface area (Å²) in [6.07, 6.45) is 0.252. The third-order valence-corrected chi connectivity index (χ3v) is 5.00. The van der Waals surface area contributed by atoms with Gasteiger partial charge in [-0.3, -0.25) is 19.9 Å². The molecule has 1 aliphatic rings. The third-order valence-electron chi connectivity index (χ3n) is 5.00. The topological polar surface area (TPSA) is 201 Å². The average Bonchev–Trinajstić information content (AvgIpc) is 2.82. The van der Waals surface area contributed by atoms with Crippen LogP contribution in [0.25, 0.3) is 10.4 Å². The van der Waals surface area contributed by atoms with E-state index in [1.54, 1.807) is 6.92 Å². The lowest BCUT2D eigenvalue weighted by Gasteiger charge is -2.32. The molecule has 13 heteroatoms. The van der Waals surface area contributed by atoms with Crippen LogP contribution in [0.15, 0.2) is 45.6 Å². The fourth-order valence-corrected chi connectivity index (χ4v) is 3.55. The predicted octanol–water partition coefficient (Wildman–Crippen LogP) is 3.28. The number of hydrogen-bond acceptors (Lipinski definition) is 9. The Labute approximate surface area is 194 Å². The average molecular weight is 470 g/mol. The standard InChI is InChI=1S/C21H22N6O7/c1-2-15-19(21(30)34-10-3-8-22)17(13-4-6-14(7-5-13)27(31)32)18(20(28)29)16(25-15)12-33-11-9-24-26-23/h4-7,17,19H,2-3,9-12H2,1H3,(H,28,29). The van der Waals surface area contributed by atoms with Gasteiger partial charge in [-0.2, -0.15) is 5.26 Å². The van der Waals surface area contributed by atoms with Gasteiger partial charge in [-0.1, -0.05) is 24.2 Å². The van der Waals surface area contributed by atoms with Gasteiger partial charge in [0.1, 0.15) is 12.5 Å². The van der Waals surface area contributed by atoms with Crippen molar-refractivity contribution in [2.75, 3.05) is 26.4 Å². The summed E-state index contributed by atoms with van der Waals surface area (Å²) in [6.45, 7) is 1.42. The van der Waals surface area contributed by atoms with Crippen molar-refractivity contribution < 1.29 is 29.1 Å². The van der Waals surface area contributed by atoms with Crippen molar-refractivity contribution in [3.8, 4) is 6.07 Å². The number of nitriles is 1. The van der Waals surface area contributed by atoms with E-state index in [4.69, 9.17) is 20.3 Å². The Morgan fingerprint density at radius 3 is 2.62 bits per heavy atom. The van der Waals surface area contributed by atoms with Gasteiger partial charge >= 0.3 is 11.9 Å². The van der Waals surface area contributed by atoms with E-state index in [-0.39, 0.29) is 56.2 Å². The summed E-state index contributed by atoms with van der Waals surface area (Å²) < 4.78 is 10.6. The highest BCUT2D eigenvalue weighted by Gasteiger charge is 2.43. The van der Waals surface area contributed by atoms with Crippen LogP contribution in [0.3, 0.4) is 0 Å². The van der Waals surface area contributed by atoms with E-state index < -0.39 is 28.7 Å². The molecule has 0 amide bonds. The molecular formula is C21H22N6O7. The number of rotatable bonds is 12. The molecule has 1 aliphatic heterocycles. The number of carboxylic acids is 1. The number of nitrogens with zero attached hydrogens (tertiary/aromatic N) is 6. The van der Waals surface area contributed by atoms with Crippen molar-refractivity contribution >= 4 is 23.3 Å². The maximum atomic E-state index is 13.0. The largest absolute Gasteiger partial charge is 0.478 e. The summed E-state index contributed by atoms with van der Waals surface area (Å²) in [5, 5.41) is 33.2. The number of carboxylic acid groups (broad SMARTS) is 1. The number of nitro groups is 1. The van der Waals surface area contributed by atoms with E-state index in [9.17, 15) is 24.8 Å². The number of hydrogen-bond donors (Lipinski definition) is 1. The molecule has 2 rings (SSSR count). The Morgan fingerprint density at radius 2 is 2.06 bits per heavy atom. The third kappa shape index (κ3) is 6.38. The molecule has 1 aromatic carbocycles. The number of ether oxygens (including phenoxy) is 2. The second-order valence-corrected chi connectivity index (χ2v) is 7.01. The molecule has 0 spiro atoms. The minimum atomic E-state index is -1.34. The van der Waals surface area contributed by atoms with Crippen LogP contribution < -0.4 is 0 Å². The van der Waals surface area contributed by atoms with Gasteiger partial charge in [-0.05, 0) is 17.5 Å². The van der Waals surface area contributed by atoms with Crippen molar-refractivity contribution in [2.24, 2.45) is 16.0 Å². The van der Waals surface area contributed by atoms with Crippen molar-refractivity contribution in [3.05, 3.63) is 61.7 Å². The van der Waals surface area contributed by atoms with Crippen molar-refractivity contribution in [3.63, 3.8) is 0 Å². The summed E-state index contributed by atoms with van der Waals surface area (Å²) in [5.74, 6) is -4.26. The van der Waals surface area contributed by atoms with Crippen LogP contribution in [0.5, 0.6) is 0 Å². The van der Waals surface area contributed by atoms with Crippen LogP contribution in [0.2, 0.25) is 0 Å². The molecule has 1 heterocycles. The van der Waals surface area contributed by atoms with Gasteiger partial charge in [0.05, 0.1) is 41.9 Å². The molecule has 0 saturated carbocycles. The molecule has 0 fully saturated rings. The van der Waals surface area contributed by atoms with E-state index >= 15 is 0 Å². The summed E-state index contributed by atoms with van der Waals surface area (Å²) in [6, 6.07) is 7.08. The number of carbonyl (C=O) groups excluding carboxylic acids is 1. The number of carbonyl (C=O) groups is 2. The zero-order valence-corrected chi connectivity index (χ0v) is 18.3. The Balaban J connectivity index is 2.56. The van der Waals surface area contributed by atoms with Crippen LogP contribution in [-0.2, 0) is 19.1 Å². The quantitative estimate of drug-likeness (QED) is 0.0911. The minimum Gasteiger partial charge on any atom is -0.478 e. The molecule has 0 radical (unpaired) electrons. The van der Waals surface area contributed by atoms with Crippen LogP contribution >= 0.6 is 0 Å². The first-order valence-corrected chi connectivity index (χ1v) is 10.3. The summed E-state index contributed by atoms with van der Waals surface area (Å²) in [7, 11) is 0. The van der Waals surface area contributed by atoms with Crippen LogP contribution in [0.1, 0.15) is 31.2 Å². The Hall–Kier alpha value is -4.27. The molecule has 178 valence electrons. The zero-order valence-electron chi connectivity index (χ0n) is 18.3. The Kier molecular flexibility index (Phi) is 9.70. The Bertz CT molecular complexity index is 1080. The lowest BCUT2D eigenvalue weighted by Crippen LogP contribution is -2.38. The van der Waals surface area contributed by atoms with Gasteiger partial charge in [0, 0.05) is 35.2 Å². The monoisotopic (exact) mass is 470 g/mol. The fraction of sp³-hybridized carbons (Fsp3) is 0.429.